The van der Waals surface area contributed by atoms with Crippen molar-refractivity contribution < 1.29 is 9.59 Å². The minimum atomic E-state index is -0.162. The molecule has 0 heterocycles. The van der Waals surface area contributed by atoms with Gasteiger partial charge in [0.15, 0.2) is 5.78 Å². The smallest absolute Gasteiger partial charge is 0.217 e. The maximum absolute atomic E-state index is 12.3. The standard InChI is InChI=1S/C30H49NO2/c1-29-17-11-13-25(29)28-22(12-9-7-5-3-4-6-8-10-14-27(31)33)20-23-21-24(32)15-19-30(23,2)26(28)16-18-29/h21-22,25-26,28H,3-20H2,1-2H3,(H2,31,33)/t22-,25+,26+,28+,29+,30+/m1/s1. The molecule has 6 atom stereocenters. The van der Waals surface area contributed by atoms with Crippen molar-refractivity contribution in [3.8, 4) is 0 Å². The van der Waals surface area contributed by atoms with E-state index in [0.717, 1.165) is 49.4 Å². The summed E-state index contributed by atoms with van der Waals surface area (Å²) >= 11 is 0. The van der Waals surface area contributed by atoms with Crippen LogP contribution in [0.1, 0.15) is 129 Å². The maximum Gasteiger partial charge on any atom is 0.217 e. The van der Waals surface area contributed by atoms with E-state index in [-0.39, 0.29) is 5.91 Å². The van der Waals surface area contributed by atoms with Crippen LogP contribution in [0.25, 0.3) is 0 Å². The molecule has 3 heteroatoms. The highest BCUT2D eigenvalue weighted by Gasteiger charge is 2.58. The Morgan fingerprint density at radius 1 is 0.939 bits per heavy atom. The zero-order valence-electron chi connectivity index (χ0n) is 21.5. The van der Waals surface area contributed by atoms with E-state index in [4.69, 9.17) is 5.73 Å². The number of primary amides is 1. The van der Waals surface area contributed by atoms with Crippen LogP contribution in [-0.4, -0.2) is 11.7 Å². The molecule has 3 nitrogen and oxygen atoms in total. The first-order valence-corrected chi connectivity index (χ1v) is 14.4. The third-order valence-corrected chi connectivity index (χ3v) is 10.7. The number of hydrogen-bond donors (Lipinski definition) is 1. The first kappa shape index (κ1) is 25.0. The molecule has 186 valence electrons. The summed E-state index contributed by atoms with van der Waals surface area (Å²) < 4.78 is 0. The summed E-state index contributed by atoms with van der Waals surface area (Å²) in [4.78, 5) is 23.1. The van der Waals surface area contributed by atoms with Gasteiger partial charge in [-0.15, -0.1) is 0 Å². The first-order valence-electron chi connectivity index (χ1n) is 14.4. The Morgan fingerprint density at radius 3 is 2.36 bits per heavy atom. The molecule has 0 aromatic carbocycles. The second-order valence-corrected chi connectivity index (χ2v) is 12.7. The fourth-order valence-electron chi connectivity index (χ4n) is 8.76. The highest BCUT2D eigenvalue weighted by molar-refractivity contribution is 5.91. The van der Waals surface area contributed by atoms with Gasteiger partial charge in [0, 0.05) is 12.8 Å². The van der Waals surface area contributed by atoms with Gasteiger partial charge in [0.25, 0.3) is 0 Å². The van der Waals surface area contributed by atoms with Gasteiger partial charge in [0.05, 0.1) is 0 Å². The number of allylic oxidation sites excluding steroid dienone is 1. The molecule has 3 saturated carbocycles. The molecular formula is C30H49NO2. The van der Waals surface area contributed by atoms with Gasteiger partial charge in [-0.2, -0.15) is 0 Å². The van der Waals surface area contributed by atoms with Crippen molar-refractivity contribution in [1.82, 2.24) is 0 Å². The quantitative estimate of drug-likeness (QED) is 0.327. The summed E-state index contributed by atoms with van der Waals surface area (Å²) in [6.07, 6.45) is 24.3. The van der Waals surface area contributed by atoms with Crippen LogP contribution in [0, 0.1) is 34.5 Å². The van der Waals surface area contributed by atoms with E-state index in [1.165, 1.54) is 89.0 Å². The van der Waals surface area contributed by atoms with Crippen molar-refractivity contribution >= 4 is 11.7 Å². The number of nitrogens with two attached hydrogens (primary N) is 1. The van der Waals surface area contributed by atoms with Gasteiger partial charge in [-0.05, 0) is 91.9 Å². The summed E-state index contributed by atoms with van der Waals surface area (Å²) in [5, 5.41) is 0. The Balaban J connectivity index is 1.31. The van der Waals surface area contributed by atoms with Crippen molar-refractivity contribution in [2.45, 2.75) is 129 Å². The molecule has 0 unspecified atom stereocenters. The van der Waals surface area contributed by atoms with Crippen molar-refractivity contribution in [2.24, 2.45) is 40.2 Å². The average Bonchev–Trinajstić information content (AvgIpc) is 3.17. The molecule has 0 spiro atoms. The van der Waals surface area contributed by atoms with Crippen LogP contribution in [0.2, 0.25) is 0 Å². The summed E-state index contributed by atoms with van der Waals surface area (Å²) in [6, 6.07) is 0. The van der Waals surface area contributed by atoms with Gasteiger partial charge in [-0.1, -0.05) is 70.8 Å². The van der Waals surface area contributed by atoms with E-state index in [1.54, 1.807) is 0 Å². The summed E-state index contributed by atoms with van der Waals surface area (Å²) in [6.45, 7) is 5.14. The lowest BCUT2D eigenvalue weighted by molar-refractivity contribution is -0.119. The molecule has 0 aliphatic heterocycles. The lowest BCUT2D eigenvalue weighted by Gasteiger charge is -2.60. The topological polar surface area (TPSA) is 60.2 Å². The van der Waals surface area contributed by atoms with Crippen LogP contribution >= 0.6 is 0 Å². The number of fused-ring (bicyclic) bond motifs is 5. The van der Waals surface area contributed by atoms with Crippen LogP contribution in [0.3, 0.4) is 0 Å². The largest absolute Gasteiger partial charge is 0.370 e. The van der Waals surface area contributed by atoms with Gasteiger partial charge in [-0.25, -0.2) is 0 Å². The van der Waals surface area contributed by atoms with Crippen LogP contribution in [0.15, 0.2) is 11.6 Å². The van der Waals surface area contributed by atoms with Gasteiger partial charge in [0.2, 0.25) is 5.91 Å². The SMILES string of the molecule is C[C@@]12CCC[C@H]1[C@@H]1[C@H](CCCCCCCCCCC(N)=O)CC3=CC(=O)CC[C@]3(C)[C@H]1CC2. The Labute approximate surface area is 202 Å². The van der Waals surface area contributed by atoms with Crippen LogP contribution in [0.5, 0.6) is 0 Å². The number of ketones is 1. The minimum Gasteiger partial charge on any atom is -0.370 e. The molecule has 4 aliphatic rings. The lowest BCUT2D eigenvalue weighted by atomic mass is 9.45. The summed E-state index contributed by atoms with van der Waals surface area (Å²) in [7, 11) is 0. The highest BCUT2D eigenvalue weighted by Crippen LogP contribution is 2.67. The predicted octanol–water partition coefficient (Wildman–Crippen LogP) is 7.52. The molecule has 3 fully saturated rings. The second-order valence-electron chi connectivity index (χ2n) is 12.7. The van der Waals surface area contributed by atoms with E-state index in [2.05, 4.69) is 19.9 Å². The Bertz CT molecular complexity index is 742. The van der Waals surface area contributed by atoms with Crippen LogP contribution in [0.4, 0.5) is 0 Å². The molecule has 4 rings (SSSR count). The molecule has 0 aromatic rings. The van der Waals surface area contributed by atoms with E-state index in [9.17, 15) is 9.59 Å². The lowest BCUT2D eigenvalue weighted by Crippen LogP contribution is -2.52. The Kier molecular flexibility index (Phi) is 8.06. The molecule has 33 heavy (non-hydrogen) atoms. The number of rotatable bonds is 11. The van der Waals surface area contributed by atoms with Gasteiger partial charge < -0.3 is 5.73 Å². The zero-order valence-corrected chi connectivity index (χ0v) is 21.5. The summed E-state index contributed by atoms with van der Waals surface area (Å²) in [5.41, 5.74) is 7.64. The van der Waals surface area contributed by atoms with Gasteiger partial charge in [-0.3, -0.25) is 9.59 Å². The zero-order chi connectivity index (χ0) is 23.5. The highest BCUT2D eigenvalue weighted by atomic mass is 16.1. The number of unbranched alkanes of at least 4 members (excludes halogenated alkanes) is 7. The minimum absolute atomic E-state index is 0.162. The van der Waals surface area contributed by atoms with Gasteiger partial charge >= 0.3 is 0 Å². The molecular weight excluding hydrogens is 406 g/mol. The fourth-order valence-corrected chi connectivity index (χ4v) is 8.76. The normalized spacial score (nSPS) is 37.8. The molecule has 0 bridgehead atoms. The molecule has 4 aliphatic carbocycles. The van der Waals surface area contributed by atoms with Crippen molar-refractivity contribution in [3.63, 3.8) is 0 Å². The number of carbonyl (C=O) groups excluding carboxylic acids is 2. The summed E-state index contributed by atoms with van der Waals surface area (Å²) in [5.74, 6) is 3.66. The third-order valence-electron chi connectivity index (χ3n) is 10.7. The Hall–Kier alpha value is -1.12. The Morgan fingerprint density at radius 2 is 1.64 bits per heavy atom. The number of carbonyl (C=O) groups is 2. The number of hydrogen-bond acceptors (Lipinski definition) is 2. The maximum atomic E-state index is 12.3. The molecule has 2 N–H and O–H groups in total. The second kappa shape index (κ2) is 10.6. The number of amides is 1. The van der Waals surface area contributed by atoms with Crippen molar-refractivity contribution in [1.29, 1.82) is 0 Å². The van der Waals surface area contributed by atoms with E-state index < -0.39 is 0 Å². The average molecular weight is 456 g/mol. The first-order chi connectivity index (χ1) is 15.8. The van der Waals surface area contributed by atoms with Crippen LogP contribution in [-0.2, 0) is 9.59 Å². The van der Waals surface area contributed by atoms with Crippen molar-refractivity contribution in [2.75, 3.05) is 0 Å². The van der Waals surface area contributed by atoms with Gasteiger partial charge in [0.1, 0.15) is 0 Å². The van der Waals surface area contributed by atoms with Crippen molar-refractivity contribution in [3.05, 3.63) is 11.6 Å². The molecule has 1 amide bonds. The molecule has 0 saturated heterocycles. The fraction of sp³-hybridized carbons (Fsp3) is 0.867. The van der Waals surface area contributed by atoms with E-state index in [0.29, 0.717) is 23.0 Å². The molecule has 0 radical (unpaired) electrons. The predicted molar refractivity (Wildman–Crippen MR) is 136 cm³/mol. The monoisotopic (exact) mass is 455 g/mol. The third kappa shape index (κ3) is 5.43. The molecule has 0 aromatic heterocycles. The van der Waals surface area contributed by atoms with E-state index >= 15 is 0 Å². The van der Waals surface area contributed by atoms with Crippen LogP contribution < -0.4 is 5.73 Å². The van der Waals surface area contributed by atoms with E-state index in [1.807, 2.05) is 0 Å².